The molecule has 3 rings (SSSR count). The highest BCUT2D eigenvalue weighted by Gasteiger charge is 2.35. The molecule has 1 aliphatic rings. The van der Waals surface area contributed by atoms with E-state index in [1.807, 2.05) is 0 Å². The van der Waals surface area contributed by atoms with E-state index in [4.69, 9.17) is 4.52 Å². The van der Waals surface area contributed by atoms with Crippen LogP contribution in [0.15, 0.2) is 27.3 Å². The zero-order valence-electron chi connectivity index (χ0n) is 11.5. The van der Waals surface area contributed by atoms with Crippen LogP contribution >= 0.6 is 15.9 Å². The lowest BCUT2D eigenvalue weighted by Crippen LogP contribution is -2.30. The Balaban J connectivity index is 1.66. The lowest BCUT2D eigenvalue weighted by Gasteiger charge is -2.13. The van der Waals surface area contributed by atoms with Crippen molar-refractivity contribution in [2.24, 2.45) is 5.92 Å². The molecule has 21 heavy (non-hydrogen) atoms. The molecule has 0 radical (unpaired) electrons. The van der Waals surface area contributed by atoms with Gasteiger partial charge in [-0.1, -0.05) is 11.2 Å². The Bertz CT molecular complexity index is 654. The first kappa shape index (κ1) is 14.2. The fourth-order valence-corrected chi connectivity index (χ4v) is 2.60. The molecule has 1 N–H and O–H groups in total. The first-order chi connectivity index (χ1) is 10.1. The molecule has 2 aromatic rings. The second-order valence-electron chi connectivity index (χ2n) is 5.17. The van der Waals surface area contributed by atoms with E-state index in [0.717, 1.165) is 12.8 Å². The average molecular weight is 351 g/mol. The Morgan fingerprint density at radius 3 is 2.90 bits per heavy atom. The van der Waals surface area contributed by atoms with Gasteiger partial charge in [0, 0.05) is 19.4 Å². The average Bonchev–Trinajstić information content (AvgIpc) is 3.21. The maximum absolute atomic E-state index is 12.1. The third kappa shape index (κ3) is 3.47. The third-order valence-electron chi connectivity index (χ3n) is 3.50. The molecule has 2 aromatic heterocycles. The molecule has 0 aliphatic heterocycles. The molecule has 1 atom stereocenters. The van der Waals surface area contributed by atoms with E-state index in [1.54, 1.807) is 25.1 Å². The summed E-state index contributed by atoms with van der Waals surface area (Å²) in [5.74, 6) is 1.67. The van der Waals surface area contributed by atoms with E-state index in [-0.39, 0.29) is 11.8 Å². The van der Waals surface area contributed by atoms with Gasteiger partial charge < -0.3 is 9.84 Å². The summed E-state index contributed by atoms with van der Waals surface area (Å²) in [6.07, 6.45) is 2.28. The minimum atomic E-state index is -0.192. The normalized spacial score (nSPS) is 15.7. The number of amides is 1. The van der Waals surface area contributed by atoms with E-state index in [2.05, 4.69) is 36.4 Å². The van der Waals surface area contributed by atoms with Crippen molar-refractivity contribution in [1.29, 1.82) is 0 Å². The van der Waals surface area contributed by atoms with Gasteiger partial charge in [0.2, 0.25) is 5.89 Å². The quantitative estimate of drug-likeness (QED) is 0.837. The fourth-order valence-electron chi connectivity index (χ4n) is 2.26. The molecule has 1 fully saturated rings. The van der Waals surface area contributed by atoms with E-state index < -0.39 is 0 Å². The zero-order chi connectivity index (χ0) is 14.8. The first-order valence-electron chi connectivity index (χ1n) is 6.84. The predicted molar refractivity (Wildman–Crippen MR) is 78.8 cm³/mol. The van der Waals surface area contributed by atoms with Crippen LogP contribution in [0.25, 0.3) is 0 Å². The highest BCUT2D eigenvalue weighted by molar-refractivity contribution is 9.10. The van der Waals surface area contributed by atoms with Gasteiger partial charge in [-0.15, -0.1) is 0 Å². The van der Waals surface area contributed by atoms with Gasteiger partial charge >= 0.3 is 0 Å². The van der Waals surface area contributed by atoms with Gasteiger partial charge in [-0.05, 0) is 46.8 Å². The zero-order valence-corrected chi connectivity index (χ0v) is 13.1. The summed E-state index contributed by atoms with van der Waals surface area (Å²) in [6.45, 7) is 2.27. The largest absolute Gasteiger partial charge is 0.350 e. The highest BCUT2D eigenvalue weighted by Crippen LogP contribution is 2.41. The molecular formula is C14H15BrN4O2. The molecule has 110 valence electrons. The fraction of sp³-hybridized carbons (Fsp3) is 0.429. The van der Waals surface area contributed by atoms with Crippen LogP contribution in [-0.2, 0) is 0 Å². The number of carbonyl (C=O) groups is 1. The molecule has 0 spiro atoms. The van der Waals surface area contributed by atoms with Gasteiger partial charge in [0.15, 0.2) is 5.82 Å². The van der Waals surface area contributed by atoms with Gasteiger partial charge in [-0.25, -0.2) is 4.98 Å². The van der Waals surface area contributed by atoms with Crippen molar-refractivity contribution >= 4 is 21.8 Å². The minimum Gasteiger partial charge on any atom is -0.350 e. The van der Waals surface area contributed by atoms with Crippen molar-refractivity contribution in [2.75, 3.05) is 6.54 Å². The molecular weight excluding hydrogens is 336 g/mol. The number of nitrogens with one attached hydrogen (secondary N) is 1. The topological polar surface area (TPSA) is 80.9 Å². The second kappa shape index (κ2) is 5.93. The number of hydrogen-bond donors (Lipinski definition) is 1. The standard InChI is InChI=1S/C14H15BrN4O2/c1-8-17-13(19-21-8)10(9-5-6-9)7-16-14(20)11-3-2-4-12(15)18-11/h2-4,9-10H,5-7H2,1H3,(H,16,20)/t10-/m1/s1. The SMILES string of the molecule is Cc1nc([C@H](CNC(=O)c2cccc(Br)n2)C2CC2)no1. The Morgan fingerprint density at radius 1 is 1.48 bits per heavy atom. The van der Waals surface area contributed by atoms with Crippen molar-refractivity contribution in [3.05, 3.63) is 40.2 Å². The van der Waals surface area contributed by atoms with Gasteiger partial charge in [0.1, 0.15) is 10.3 Å². The van der Waals surface area contributed by atoms with Crippen LogP contribution in [0.1, 0.15) is 41.0 Å². The number of carbonyl (C=O) groups excluding carboxylic acids is 1. The lowest BCUT2D eigenvalue weighted by molar-refractivity contribution is 0.0944. The summed E-state index contributed by atoms with van der Waals surface area (Å²) < 4.78 is 5.68. The van der Waals surface area contributed by atoms with Crippen LogP contribution in [0.2, 0.25) is 0 Å². The molecule has 1 amide bonds. The number of aromatic nitrogens is 3. The van der Waals surface area contributed by atoms with E-state index in [9.17, 15) is 4.79 Å². The number of pyridine rings is 1. The van der Waals surface area contributed by atoms with Crippen molar-refractivity contribution in [2.45, 2.75) is 25.7 Å². The summed E-state index contributed by atoms with van der Waals surface area (Å²) in [6, 6.07) is 5.25. The summed E-state index contributed by atoms with van der Waals surface area (Å²) in [7, 11) is 0. The van der Waals surface area contributed by atoms with Gasteiger partial charge in [-0.2, -0.15) is 4.98 Å². The Kier molecular flexibility index (Phi) is 4.01. The van der Waals surface area contributed by atoms with Crippen molar-refractivity contribution < 1.29 is 9.32 Å². The number of rotatable bonds is 5. The molecule has 2 heterocycles. The van der Waals surface area contributed by atoms with Crippen LogP contribution in [0.4, 0.5) is 0 Å². The molecule has 0 unspecified atom stereocenters. The summed E-state index contributed by atoms with van der Waals surface area (Å²) >= 11 is 3.26. The number of halogens is 1. The van der Waals surface area contributed by atoms with Crippen LogP contribution in [0.3, 0.4) is 0 Å². The smallest absolute Gasteiger partial charge is 0.269 e. The minimum absolute atomic E-state index is 0.110. The van der Waals surface area contributed by atoms with E-state index >= 15 is 0 Å². The Labute approximate surface area is 130 Å². The Hall–Kier alpha value is -1.76. The van der Waals surface area contributed by atoms with Crippen molar-refractivity contribution in [3.8, 4) is 0 Å². The molecule has 0 saturated heterocycles. The maximum Gasteiger partial charge on any atom is 0.269 e. The van der Waals surface area contributed by atoms with Crippen LogP contribution in [-0.4, -0.2) is 27.6 Å². The lowest BCUT2D eigenvalue weighted by atomic mass is 10.0. The van der Waals surface area contributed by atoms with Crippen molar-refractivity contribution in [3.63, 3.8) is 0 Å². The Morgan fingerprint density at radius 2 is 2.29 bits per heavy atom. The summed E-state index contributed by atoms with van der Waals surface area (Å²) in [5.41, 5.74) is 0.392. The third-order valence-corrected chi connectivity index (χ3v) is 3.94. The molecule has 0 aromatic carbocycles. The molecule has 1 saturated carbocycles. The molecule has 6 nitrogen and oxygen atoms in total. The van der Waals surface area contributed by atoms with Gasteiger partial charge in [0.05, 0.1) is 0 Å². The van der Waals surface area contributed by atoms with Gasteiger partial charge in [0.25, 0.3) is 5.91 Å². The number of hydrogen-bond acceptors (Lipinski definition) is 5. The number of aryl methyl sites for hydroxylation is 1. The van der Waals surface area contributed by atoms with Crippen LogP contribution < -0.4 is 5.32 Å². The van der Waals surface area contributed by atoms with Crippen LogP contribution in [0.5, 0.6) is 0 Å². The first-order valence-corrected chi connectivity index (χ1v) is 7.64. The highest BCUT2D eigenvalue weighted by atomic mass is 79.9. The predicted octanol–water partition coefficient (Wildman–Crippen LogP) is 2.46. The van der Waals surface area contributed by atoms with E-state index in [1.165, 1.54) is 0 Å². The monoisotopic (exact) mass is 350 g/mol. The number of nitrogens with zero attached hydrogens (tertiary/aromatic N) is 3. The molecule has 7 heteroatoms. The summed E-state index contributed by atoms with van der Waals surface area (Å²) in [4.78, 5) is 20.6. The molecule has 0 bridgehead atoms. The van der Waals surface area contributed by atoms with E-state index in [0.29, 0.717) is 34.5 Å². The second-order valence-corrected chi connectivity index (χ2v) is 5.98. The summed E-state index contributed by atoms with van der Waals surface area (Å²) in [5, 5.41) is 6.89. The maximum atomic E-state index is 12.1. The van der Waals surface area contributed by atoms with Crippen LogP contribution in [0, 0.1) is 12.8 Å². The van der Waals surface area contributed by atoms with Crippen molar-refractivity contribution in [1.82, 2.24) is 20.4 Å². The molecule has 1 aliphatic carbocycles. The van der Waals surface area contributed by atoms with Gasteiger partial charge in [-0.3, -0.25) is 4.79 Å².